The third-order valence-corrected chi connectivity index (χ3v) is 1.76. The molecule has 4 heteroatoms. The predicted molar refractivity (Wildman–Crippen MR) is 43.8 cm³/mol. The molecule has 0 aromatic carbocycles. The number of nitrogens with one attached hydrogen (secondary N) is 1. The predicted octanol–water partition coefficient (Wildman–Crippen LogP) is -0.0736. The molecular weight excluding hydrogens is 158 g/mol. The van der Waals surface area contributed by atoms with Crippen LogP contribution in [0.3, 0.4) is 0 Å². The van der Waals surface area contributed by atoms with Crippen LogP contribution in [0.4, 0.5) is 0 Å². The van der Waals surface area contributed by atoms with Gasteiger partial charge in [-0.2, -0.15) is 0 Å². The van der Waals surface area contributed by atoms with E-state index < -0.39 is 0 Å². The van der Waals surface area contributed by atoms with Gasteiger partial charge in [0.05, 0.1) is 25.9 Å². The van der Waals surface area contributed by atoms with Gasteiger partial charge < -0.3 is 9.47 Å². The van der Waals surface area contributed by atoms with Gasteiger partial charge in [-0.05, 0) is 13.8 Å². The van der Waals surface area contributed by atoms with Crippen LogP contribution in [0, 0.1) is 0 Å². The normalized spacial score (nSPS) is 19.8. The van der Waals surface area contributed by atoms with E-state index in [-0.39, 0.29) is 12.0 Å². The van der Waals surface area contributed by atoms with Crippen LogP contribution >= 0.6 is 0 Å². The fourth-order valence-corrected chi connectivity index (χ4v) is 1.02. The highest BCUT2D eigenvalue weighted by Crippen LogP contribution is 2.01. The van der Waals surface area contributed by atoms with Gasteiger partial charge in [-0.15, -0.1) is 0 Å². The summed E-state index contributed by atoms with van der Waals surface area (Å²) in [7, 11) is 0. The van der Waals surface area contributed by atoms with Gasteiger partial charge in [-0.3, -0.25) is 10.1 Å². The van der Waals surface area contributed by atoms with Gasteiger partial charge in [-0.25, -0.2) is 0 Å². The van der Waals surface area contributed by atoms with Crippen molar-refractivity contribution >= 4 is 5.97 Å². The summed E-state index contributed by atoms with van der Waals surface area (Å²) in [6, 6.07) is 0.100. The quantitative estimate of drug-likeness (QED) is 0.604. The maximum atomic E-state index is 11.1. The van der Waals surface area contributed by atoms with Crippen LogP contribution in [-0.4, -0.2) is 37.9 Å². The smallest absolute Gasteiger partial charge is 0.322 e. The first-order valence-electron chi connectivity index (χ1n) is 4.24. The summed E-state index contributed by atoms with van der Waals surface area (Å²) in [4.78, 5) is 11.1. The molecule has 1 rings (SSSR count). The molecule has 0 radical (unpaired) electrons. The Balaban J connectivity index is 2.16. The number of hydrogen-bond acceptors (Lipinski definition) is 4. The molecule has 1 fully saturated rings. The summed E-state index contributed by atoms with van der Waals surface area (Å²) in [5.74, 6) is -0.190. The summed E-state index contributed by atoms with van der Waals surface area (Å²) >= 11 is 0. The van der Waals surface area contributed by atoms with Crippen LogP contribution in [-0.2, 0) is 14.3 Å². The number of ether oxygens (including phenoxy) is 2. The molecule has 0 aromatic rings. The lowest BCUT2D eigenvalue weighted by atomic mass is 10.2. The van der Waals surface area contributed by atoms with Crippen LogP contribution in [0.25, 0.3) is 0 Å². The zero-order valence-electron chi connectivity index (χ0n) is 7.50. The Kier molecular flexibility index (Phi) is 3.49. The summed E-state index contributed by atoms with van der Waals surface area (Å²) in [6.07, 6.45) is 0. The Morgan fingerprint density at radius 3 is 2.83 bits per heavy atom. The number of carbonyl (C=O) groups excluding carboxylic acids is 1. The van der Waals surface area contributed by atoms with Crippen molar-refractivity contribution in [2.24, 2.45) is 0 Å². The summed E-state index contributed by atoms with van der Waals surface area (Å²) in [5.41, 5.74) is 0. The number of carbonyl (C=O) groups is 1. The molecule has 70 valence electrons. The molecule has 12 heavy (non-hydrogen) atoms. The first kappa shape index (κ1) is 9.48. The molecule has 1 heterocycles. The maximum Gasteiger partial charge on any atom is 0.322 e. The SMILES string of the molecule is CCOC(=O)C(C)NC1COC1. The first-order chi connectivity index (χ1) is 5.74. The van der Waals surface area contributed by atoms with Gasteiger partial charge in [0, 0.05) is 0 Å². The average Bonchev–Trinajstić information content (AvgIpc) is 1.97. The monoisotopic (exact) mass is 173 g/mol. The number of esters is 1. The highest BCUT2D eigenvalue weighted by Gasteiger charge is 2.23. The van der Waals surface area contributed by atoms with Crippen LogP contribution < -0.4 is 5.32 Å². The van der Waals surface area contributed by atoms with Crippen LogP contribution in [0.5, 0.6) is 0 Å². The number of rotatable bonds is 4. The molecule has 1 aliphatic rings. The van der Waals surface area contributed by atoms with E-state index in [4.69, 9.17) is 9.47 Å². The van der Waals surface area contributed by atoms with Crippen LogP contribution in [0.1, 0.15) is 13.8 Å². The minimum Gasteiger partial charge on any atom is -0.465 e. The first-order valence-corrected chi connectivity index (χ1v) is 4.24. The van der Waals surface area contributed by atoms with E-state index in [0.717, 1.165) is 0 Å². The molecule has 4 nitrogen and oxygen atoms in total. The zero-order chi connectivity index (χ0) is 8.97. The average molecular weight is 173 g/mol. The Morgan fingerprint density at radius 2 is 2.42 bits per heavy atom. The van der Waals surface area contributed by atoms with Gasteiger partial charge in [0.25, 0.3) is 0 Å². The van der Waals surface area contributed by atoms with Crippen molar-refractivity contribution in [3.05, 3.63) is 0 Å². The molecule has 0 saturated carbocycles. The second-order valence-corrected chi connectivity index (χ2v) is 2.87. The molecule has 1 atom stereocenters. The molecule has 0 bridgehead atoms. The Morgan fingerprint density at radius 1 is 1.75 bits per heavy atom. The maximum absolute atomic E-state index is 11.1. The largest absolute Gasteiger partial charge is 0.465 e. The van der Waals surface area contributed by atoms with E-state index in [9.17, 15) is 4.79 Å². The van der Waals surface area contributed by atoms with Crippen molar-refractivity contribution in [1.82, 2.24) is 5.32 Å². The third-order valence-electron chi connectivity index (χ3n) is 1.76. The van der Waals surface area contributed by atoms with Crippen LogP contribution in [0.2, 0.25) is 0 Å². The summed E-state index contributed by atoms with van der Waals surface area (Å²) < 4.78 is 9.79. The number of hydrogen-bond donors (Lipinski definition) is 1. The molecule has 0 amide bonds. The van der Waals surface area contributed by atoms with Crippen molar-refractivity contribution < 1.29 is 14.3 Å². The van der Waals surface area contributed by atoms with Gasteiger partial charge in [0.15, 0.2) is 0 Å². The zero-order valence-corrected chi connectivity index (χ0v) is 7.50. The molecular formula is C8H15NO3. The van der Waals surface area contributed by atoms with Crippen molar-refractivity contribution in [1.29, 1.82) is 0 Å². The Bertz CT molecular complexity index is 156. The minimum absolute atomic E-state index is 0.190. The van der Waals surface area contributed by atoms with Crippen molar-refractivity contribution in [3.63, 3.8) is 0 Å². The molecule has 1 saturated heterocycles. The van der Waals surface area contributed by atoms with Gasteiger partial charge in [0.2, 0.25) is 0 Å². The Hall–Kier alpha value is -0.610. The van der Waals surface area contributed by atoms with E-state index in [0.29, 0.717) is 25.9 Å². The highest BCUT2D eigenvalue weighted by molar-refractivity contribution is 5.75. The standard InChI is InChI=1S/C8H15NO3/c1-3-12-8(10)6(2)9-7-4-11-5-7/h6-7,9H,3-5H2,1-2H3. The highest BCUT2D eigenvalue weighted by atomic mass is 16.5. The second kappa shape index (κ2) is 4.42. The topological polar surface area (TPSA) is 47.6 Å². The van der Waals surface area contributed by atoms with Crippen molar-refractivity contribution in [2.75, 3.05) is 19.8 Å². The molecule has 0 aliphatic carbocycles. The van der Waals surface area contributed by atoms with E-state index in [2.05, 4.69) is 5.32 Å². The van der Waals surface area contributed by atoms with Crippen molar-refractivity contribution in [2.45, 2.75) is 25.9 Å². The molecule has 1 N–H and O–H groups in total. The minimum atomic E-state index is -0.223. The van der Waals surface area contributed by atoms with Gasteiger partial charge >= 0.3 is 5.97 Å². The van der Waals surface area contributed by atoms with E-state index in [1.807, 2.05) is 0 Å². The molecule has 1 aliphatic heterocycles. The summed E-state index contributed by atoms with van der Waals surface area (Å²) in [6.45, 7) is 5.44. The summed E-state index contributed by atoms with van der Waals surface area (Å²) in [5, 5.41) is 3.10. The van der Waals surface area contributed by atoms with Crippen molar-refractivity contribution in [3.8, 4) is 0 Å². The fraction of sp³-hybridized carbons (Fsp3) is 0.875. The lowest BCUT2D eigenvalue weighted by Gasteiger charge is -2.29. The Labute approximate surface area is 72.2 Å². The third kappa shape index (κ3) is 2.46. The van der Waals surface area contributed by atoms with Crippen LogP contribution in [0.15, 0.2) is 0 Å². The lowest BCUT2D eigenvalue weighted by molar-refractivity contribution is -0.146. The fourth-order valence-electron chi connectivity index (χ4n) is 1.02. The lowest BCUT2D eigenvalue weighted by Crippen LogP contribution is -2.52. The molecule has 0 spiro atoms. The van der Waals surface area contributed by atoms with E-state index in [1.54, 1.807) is 13.8 Å². The molecule has 1 unspecified atom stereocenters. The van der Waals surface area contributed by atoms with E-state index in [1.165, 1.54) is 0 Å². The second-order valence-electron chi connectivity index (χ2n) is 2.87. The molecule has 0 aromatic heterocycles. The van der Waals surface area contributed by atoms with E-state index >= 15 is 0 Å². The van der Waals surface area contributed by atoms with Gasteiger partial charge in [-0.1, -0.05) is 0 Å². The van der Waals surface area contributed by atoms with Gasteiger partial charge in [0.1, 0.15) is 6.04 Å².